The number of hydrogen-bond acceptors (Lipinski definition) is 3. The number of benzene rings is 3. The first kappa shape index (κ1) is 24.5. The van der Waals surface area contributed by atoms with Crippen LogP contribution in [-0.2, 0) is 24.3 Å². The van der Waals surface area contributed by atoms with Crippen LogP contribution in [0.5, 0.6) is 0 Å². The zero-order valence-electron chi connectivity index (χ0n) is 20.0. The molecular weight excluding hydrogens is 484 g/mol. The summed E-state index contributed by atoms with van der Waals surface area (Å²) in [5.41, 5.74) is 2.35. The summed E-state index contributed by atoms with van der Waals surface area (Å²) < 4.78 is 56.0. The fourth-order valence-corrected chi connectivity index (χ4v) is 4.54. The van der Waals surface area contributed by atoms with E-state index in [1.54, 1.807) is 29.2 Å². The lowest BCUT2D eigenvalue weighted by atomic mass is 9.99. The number of amides is 1. The molecule has 1 unspecified atom stereocenters. The Labute approximate surface area is 211 Å². The van der Waals surface area contributed by atoms with E-state index < -0.39 is 17.5 Å². The summed E-state index contributed by atoms with van der Waals surface area (Å²) in [5, 5.41) is 3.13. The lowest BCUT2D eigenvalue weighted by molar-refractivity contribution is -0.136. The van der Waals surface area contributed by atoms with Crippen molar-refractivity contribution in [2.45, 2.75) is 26.4 Å². The van der Waals surface area contributed by atoms with Crippen LogP contribution in [0.25, 0.3) is 11.3 Å². The molecule has 0 aliphatic carbocycles. The van der Waals surface area contributed by atoms with Gasteiger partial charge in [0.25, 0.3) is 0 Å². The van der Waals surface area contributed by atoms with E-state index in [-0.39, 0.29) is 24.2 Å². The number of carbonyl (C=O) groups excluding carboxylic acids is 1. The van der Waals surface area contributed by atoms with Gasteiger partial charge < -0.3 is 14.8 Å². The van der Waals surface area contributed by atoms with Gasteiger partial charge in [0.05, 0.1) is 6.54 Å². The van der Waals surface area contributed by atoms with Crippen LogP contribution in [-0.4, -0.2) is 26.9 Å². The first-order chi connectivity index (χ1) is 17.8. The SMILES string of the molecule is CC(Cc1ccc(F)cc1)C(=O)N1CCn2c(nc(-c3ccc(F)cc3)c2Nc2ccc(F)c(F)c2)C1. The predicted molar refractivity (Wildman–Crippen MR) is 132 cm³/mol. The minimum absolute atomic E-state index is 0.0444. The van der Waals surface area contributed by atoms with Crippen molar-refractivity contribution in [3.63, 3.8) is 0 Å². The molecule has 0 fully saturated rings. The molecular formula is C28H24F4N4O. The molecule has 4 aromatic rings. The summed E-state index contributed by atoms with van der Waals surface area (Å²) in [7, 11) is 0. The van der Waals surface area contributed by atoms with E-state index in [0.717, 1.165) is 17.7 Å². The Kier molecular flexibility index (Phi) is 6.69. The summed E-state index contributed by atoms with van der Waals surface area (Å²) in [6.45, 7) is 2.93. The molecule has 5 nitrogen and oxygen atoms in total. The second kappa shape index (κ2) is 10.1. The number of carbonyl (C=O) groups is 1. The number of anilines is 2. The zero-order valence-corrected chi connectivity index (χ0v) is 20.0. The van der Waals surface area contributed by atoms with E-state index in [4.69, 9.17) is 4.98 Å². The van der Waals surface area contributed by atoms with Gasteiger partial charge in [-0.3, -0.25) is 4.79 Å². The van der Waals surface area contributed by atoms with Crippen molar-refractivity contribution >= 4 is 17.4 Å². The van der Waals surface area contributed by atoms with E-state index >= 15 is 0 Å². The molecule has 1 amide bonds. The van der Waals surface area contributed by atoms with Gasteiger partial charge in [0.15, 0.2) is 11.6 Å². The number of imidazole rings is 1. The highest BCUT2D eigenvalue weighted by atomic mass is 19.2. The maximum Gasteiger partial charge on any atom is 0.226 e. The molecule has 1 aromatic heterocycles. The van der Waals surface area contributed by atoms with Crippen LogP contribution in [0.3, 0.4) is 0 Å². The predicted octanol–water partition coefficient (Wildman–Crippen LogP) is 6.07. The summed E-state index contributed by atoms with van der Waals surface area (Å²) in [6, 6.07) is 15.4. The Hall–Kier alpha value is -4.14. The van der Waals surface area contributed by atoms with E-state index in [2.05, 4.69) is 5.32 Å². The Morgan fingerprint density at radius 1 is 0.919 bits per heavy atom. The number of rotatable bonds is 6. The fraction of sp³-hybridized carbons (Fsp3) is 0.214. The van der Waals surface area contributed by atoms with Gasteiger partial charge in [-0.05, 0) is 60.5 Å². The molecule has 190 valence electrons. The van der Waals surface area contributed by atoms with Gasteiger partial charge in [0.1, 0.15) is 29.0 Å². The van der Waals surface area contributed by atoms with Gasteiger partial charge >= 0.3 is 0 Å². The second-order valence-corrected chi connectivity index (χ2v) is 9.13. The maximum atomic E-state index is 13.9. The number of halogens is 4. The quantitative estimate of drug-likeness (QED) is 0.322. The minimum atomic E-state index is -0.987. The van der Waals surface area contributed by atoms with Crippen LogP contribution in [0.1, 0.15) is 18.3 Å². The number of aromatic nitrogens is 2. The lowest BCUT2D eigenvalue weighted by Crippen LogP contribution is -2.41. The van der Waals surface area contributed by atoms with Crippen molar-refractivity contribution in [2.75, 3.05) is 11.9 Å². The Balaban J connectivity index is 1.42. The Morgan fingerprint density at radius 3 is 2.27 bits per heavy atom. The highest BCUT2D eigenvalue weighted by Gasteiger charge is 2.29. The van der Waals surface area contributed by atoms with Crippen molar-refractivity contribution in [3.8, 4) is 11.3 Å². The van der Waals surface area contributed by atoms with Gasteiger partial charge in [-0.1, -0.05) is 19.1 Å². The summed E-state index contributed by atoms with van der Waals surface area (Å²) >= 11 is 0. The first-order valence-corrected chi connectivity index (χ1v) is 11.9. The highest BCUT2D eigenvalue weighted by Crippen LogP contribution is 2.34. The van der Waals surface area contributed by atoms with E-state index in [9.17, 15) is 22.4 Å². The van der Waals surface area contributed by atoms with Gasteiger partial charge in [0, 0.05) is 36.3 Å². The topological polar surface area (TPSA) is 50.2 Å². The van der Waals surface area contributed by atoms with Crippen LogP contribution in [0.4, 0.5) is 29.1 Å². The highest BCUT2D eigenvalue weighted by molar-refractivity contribution is 5.80. The summed E-state index contributed by atoms with van der Waals surface area (Å²) in [4.78, 5) is 19.7. The molecule has 0 bridgehead atoms. The van der Waals surface area contributed by atoms with Gasteiger partial charge in [-0.15, -0.1) is 0 Å². The van der Waals surface area contributed by atoms with Crippen LogP contribution >= 0.6 is 0 Å². The molecule has 37 heavy (non-hydrogen) atoms. The van der Waals surface area contributed by atoms with Gasteiger partial charge in [0.2, 0.25) is 5.91 Å². The molecule has 0 spiro atoms. The number of hydrogen-bond donors (Lipinski definition) is 1. The third kappa shape index (κ3) is 5.21. The van der Waals surface area contributed by atoms with Crippen LogP contribution < -0.4 is 5.32 Å². The molecule has 3 aromatic carbocycles. The van der Waals surface area contributed by atoms with Gasteiger partial charge in [-0.25, -0.2) is 22.5 Å². The van der Waals surface area contributed by atoms with E-state index in [1.165, 1.54) is 30.3 Å². The molecule has 9 heteroatoms. The summed E-state index contributed by atoms with van der Waals surface area (Å²) in [6.07, 6.45) is 0.480. The number of nitrogens with one attached hydrogen (secondary N) is 1. The molecule has 0 saturated carbocycles. The maximum absolute atomic E-state index is 13.9. The van der Waals surface area contributed by atoms with Crippen LogP contribution in [0.2, 0.25) is 0 Å². The molecule has 0 radical (unpaired) electrons. The van der Waals surface area contributed by atoms with E-state index in [1.807, 2.05) is 11.5 Å². The van der Waals surface area contributed by atoms with Gasteiger partial charge in [-0.2, -0.15) is 0 Å². The largest absolute Gasteiger partial charge is 0.340 e. The Morgan fingerprint density at radius 2 is 1.59 bits per heavy atom. The molecule has 5 rings (SSSR count). The zero-order chi connectivity index (χ0) is 26.1. The van der Waals surface area contributed by atoms with Crippen molar-refractivity contribution in [1.82, 2.24) is 14.5 Å². The smallest absolute Gasteiger partial charge is 0.226 e. The third-order valence-corrected chi connectivity index (χ3v) is 6.46. The van der Waals surface area contributed by atoms with Crippen molar-refractivity contribution in [1.29, 1.82) is 0 Å². The van der Waals surface area contributed by atoms with Crippen LogP contribution in [0, 0.1) is 29.2 Å². The normalized spacial score (nSPS) is 13.8. The van der Waals surface area contributed by atoms with Crippen molar-refractivity contribution in [3.05, 3.63) is 101 Å². The average molecular weight is 509 g/mol. The average Bonchev–Trinajstić information content (AvgIpc) is 3.25. The summed E-state index contributed by atoms with van der Waals surface area (Å²) in [5.74, 6) is -1.87. The van der Waals surface area contributed by atoms with Crippen molar-refractivity contribution in [2.24, 2.45) is 5.92 Å². The Bertz CT molecular complexity index is 1430. The third-order valence-electron chi connectivity index (χ3n) is 6.46. The molecule has 1 atom stereocenters. The van der Waals surface area contributed by atoms with Crippen molar-refractivity contribution < 1.29 is 22.4 Å². The minimum Gasteiger partial charge on any atom is -0.340 e. The molecule has 1 N–H and O–H groups in total. The molecule has 1 aliphatic heterocycles. The number of fused-ring (bicyclic) bond motifs is 1. The molecule has 1 aliphatic rings. The lowest BCUT2D eigenvalue weighted by Gasteiger charge is -2.30. The first-order valence-electron chi connectivity index (χ1n) is 11.9. The fourth-order valence-electron chi connectivity index (χ4n) is 4.54. The second-order valence-electron chi connectivity index (χ2n) is 9.13. The molecule has 0 saturated heterocycles. The van der Waals surface area contributed by atoms with E-state index in [0.29, 0.717) is 48.1 Å². The van der Waals surface area contributed by atoms with Crippen LogP contribution in [0.15, 0.2) is 66.7 Å². The monoisotopic (exact) mass is 508 g/mol. The molecule has 2 heterocycles. The standard InChI is InChI=1S/C28H24F4N4O/c1-17(14-18-2-6-20(29)7-3-18)28(37)35-12-13-36-25(16-35)34-26(19-4-8-21(30)9-5-19)27(36)33-22-10-11-23(31)24(32)15-22/h2-11,15,17,33H,12-14,16H2,1H3. The number of nitrogens with zero attached hydrogens (tertiary/aromatic N) is 3.